The maximum Gasteiger partial charge on any atom is 0.323 e. The maximum absolute atomic E-state index is 12.2. The average molecular weight is 482 g/mol. The Morgan fingerprint density at radius 1 is 1.15 bits per heavy atom. The van der Waals surface area contributed by atoms with Crippen LogP contribution in [0.5, 0.6) is 0 Å². The SMILES string of the molecule is CN(CC(=O)O)C(=O)CC1CCC(c2ccc(-c3cnc(Nc4cccc(Cl)c4)o3)cc2)CC1. The van der Waals surface area contributed by atoms with Gasteiger partial charge in [-0.1, -0.05) is 41.9 Å². The minimum absolute atomic E-state index is 0.0912. The van der Waals surface area contributed by atoms with Gasteiger partial charge in [-0.25, -0.2) is 4.98 Å². The highest BCUT2D eigenvalue weighted by atomic mass is 35.5. The molecule has 1 fully saturated rings. The molecule has 1 aliphatic carbocycles. The molecule has 1 heterocycles. The van der Waals surface area contributed by atoms with Gasteiger partial charge in [0.25, 0.3) is 6.01 Å². The second kappa shape index (κ2) is 10.7. The second-order valence-electron chi connectivity index (χ2n) is 8.85. The van der Waals surface area contributed by atoms with Crippen LogP contribution in [0.1, 0.15) is 43.6 Å². The standard InChI is InChI=1S/C26H28ClN3O4/c1-30(16-25(32)33)24(31)13-17-5-7-18(8-6-17)19-9-11-20(12-10-19)23-15-28-26(34-23)29-22-4-2-3-21(27)14-22/h2-4,9-12,14-15,17-18H,5-8,13,16H2,1H3,(H,28,29)(H,32,33). The van der Waals surface area contributed by atoms with E-state index in [9.17, 15) is 9.59 Å². The number of amides is 1. The predicted molar refractivity (Wildman–Crippen MR) is 131 cm³/mol. The predicted octanol–water partition coefficient (Wildman–Crippen LogP) is 5.95. The van der Waals surface area contributed by atoms with Gasteiger partial charge in [-0.05, 0) is 61.3 Å². The van der Waals surface area contributed by atoms with Crippen molar-refractivity contribution >= 4 is 35.2 Å². The van der Waals surface area contributed by atoms with Gasteiger partial charge in [0.05, 0.1) is 6.20 Å². The van der Waals surface area contributed by atoms with Crippen molar-refractivity contribution < 1.29 is 19.1 Å². The van der Waals surface area contributed by atoms with Crippen molar-refractivity contribution in [2.24, 2.45) is 5.92 Å². The number of oxazole rings is 1. The third-order valence-corrected chi connectivity index (χ3v) is 6.59. The molecule has 0 atom stereocenters. The summed E-state index contributed by atoms with van der Waals surface area (Å²) >= 11 is 6.02. The molecule has 1 amide bonds. The van der Waals surface area contributed by atoms with Crippen molar-refractivity contribution in [3.8, 4) is 11.3 Å². The number of benzene rings is 2. The zero-order chi connectivity index (χ0) is 24.1. The molecule has 0 spiro atoms. The van der Waals surface area contributed by atoms with Gasteiger partial charge in [0.2, 0.25) is 5.91 Å². The number of carbonyl (C=O) groups excluding carboxylic acids is 1. The number of likely N-dealkylation sites (N-methyl/N-ethyl adjacent to an activating group) is 1. The van der Waals surface area contributed by atoms with Crippen LogP contribution >= 0.6 is 11.6 Å². The number of carboxylic acid groups (broad SMARTS) is 1. The zero-order valence-electron chi connectivity index (χ0n) is 19.0. The summed E-state index contributed by atoms with van der Waals surface area (Å²) in [5.41, 5.74) is 3.05. The number of nitrogens with zero attached hydrogens (tertiary/aromatic N) is 2. The molecule has 2 N–H and O–H groups in total. The number of carbonyl (C=O) groups is 2. The molecule has 34 heavy (non-hydrogen) atoms. The molecule has 3 aromatic rings. The quantitative estimate of drug-likeness (QED) is 0.413. The Morgan fingerprint density at radius 2 is 1.88 bits per heavy atom. The first-order valence-electron chi connectivity index (χ1n) is 11.4. The normalized spacial score (nSPS) is 17.8. The highest BCUT2D eigenvalue weighted by molar-refractivity contribution is 6.30. The van der Waals surface area contributed by atoms with Crippen LogP contribution in [0, 0.1) is 5.92 Å². The fourth-order valence-electron chi connectivity index (χ4n) is 4.47. The van der Waals surface area contributed by atoms with Gasteiger partial charge in [0, 0.05) is 29.7 Å². The van der Waals surface area contributed by atoms with Crippen LogP contribution in [0.3, 0.4) is 0 Å². The first kappa shape index (κ1) is 23.8. The number of hydrogen-bond acceptors (Lipinski definition) is 5. The molecule has 8 heteroatoms. The summed E-state index contributed by atoms with van der Waals surface area (Å²) in [5, 5.41) is 12.6. The molecule has 1 saturated carbocycles. The van der Waals surface area contributed by atoms with Crippen molar-refractivity contribution in [1.82, 2.24) is 9.88 Å². The minimum atomic E-state index is -0.984. The first-order chi connectivity index (χ1) is 16.4. The second-order valence-corrected chi connectivity index (χ2v) is 9.29. The summed E-state index contributed by atoms with van der Waals surface area (Å²) in [7, 11) is 1.55. The molecule has 0 unspecified atom stereocenters. The van der Waals surface area contributed by atoms with Gasteiger partial charge in [0.15, 0.2) is 5.76 Å². The van der Waals surface area contributed by atoms with Crippen LogP contribution < -0.4 is 5.32 Å². The van der Waals surface area contributed by atoms with E-state index in [0.717, 1.165) is 36.9 Å². The van der Waals surface area contributed by atoms with Crippen LogP contribution in [0.2, 0.25) is 5.02 Å². The lowest BCUT2D eigenvalue weighted by Gasteiger charge is -2.29. The molecule has 0 aliphatic heterocycles. The van der Waals surface area contributed by atoms with E-state index in [1.54, 1.807) is 19.3 Å². The number of aromatic nitrogens is 1. The monoisotopic (exact) mass is 481 g/mol. The van der Waals surface area contributed by atoms with E-state index in [2.05, 4.69) is 34.6 Å². The van der Waals surface area contributed by atoms with Crippen molar-refractivity contribution in [1.29, 1.82) is 0 Å². The number of aliphatic carboxylic acids is 1. The molecule has 178 valence electrons. The molecule has 2 aromatic carbocycles. The van der Waals surface area contributed by atoms with Gasteiger partial charge in [-0.3, -0.25) is 9.59 Å². The van der Waals surface area contributed by atoms with Crippen LogP contribution in [-0.4, -0.2) is 40.5 Å². The molecule has 1 aliphatic rings. The number of anilines is 2. The summed E-state index contributed by atoms with van der Waals surface area (Å²) < 4.78 is 5.86. The molecular formula is C26H28ClN3O4. The summed E-state index contributed by atoms with van der Waals surface area (Å²) in [6.07, 6.45) is 6.11. The van der Waals surface area contributed by atoms with Crippen LogP contribution in [0.25, 0.3) is 11.3 Å². The lowest BCUT2D eigenvalue weighted by atomic mass is 9.77. The van der Waals surface area contributed by atoms with Crippen LogP contribution in [-0.2, 0) is 9.59 Å². The summed E-state index contributed by atoms with van der Waals surface area (Å²) in [6, 6.07) is 16.1. The van der Waals surface area contributed by atoms with Gasteiger partial charge in [0.1, 0.15) is 6.54 Å². The Balaban J connectivity index is 1.30. The van der Waals surface area contributed by atoms with E-state index < -0.39 is 5.97 Å². The topological polar surface area (TPSA) is 95.7 Å². The largest absolute Gasteiger partial charge is 0.480 e. The Morgan fingerprint density at radius 3 is 2.56 bits per heavy atom. The summed E-state index contributed by atoms with van der Waals surface area (Å²) in [6.45, 7) is -0.246. The lowest BCUT2D eigenvalue weighted by molar-refractivity contribution is -0.143. The van der Waals surface area contributed by atoms with Crippen LogP contribution in [0.15, 0.2) is 59.1 Å². The van der Waals surface area contributed by atoms with Crippen molar-refractivity contribution in [2.45, 2.75) is 38.0 Å². The molecule has 1 aromatic heterocycles. The Kier molecular flexibility index (Phi) is 7.53. The number of rotatable bonds is 8. The molecular weight excluding hydrogens is 454 g/mol. The highest BCUT2D eigenvalue weighted by Crippen LogP contribution is 2.38. The van der Waals surface area contributed by atoms with E-state index in [1.165, 1.54) is 10.5 Å². The van der Waals surface area contributed by atoms with Crippen molar-refractivity contribution in [3.63, 3.8) is 0 Å². The molecule has 0 saturated heterocycles. The first-order valence-corrected chi connectivity index (χ1v) is 11.8. The zero-order valence-corrected chi connectivity index (χ0v) is 19.8. The van der Waals surface area contributed by atoms with E-state index >= 15 is 0 Å². The summed E-state index contributed by atoms with van der Waals surface area (Å²) in [5.74, 6) is 0.392. The number of halogens is 1. The van der Waals surface area contributed by atoms with E-state index in [-0.39, 0.29) is 12.5 Å². The third-order valence-electron chi connectivity index (χ3n) is 6.36. The van der Waals surface area contributed by atoms with Crippen LogP contribution in [0.4, 0.5) is 11.7 Å². The van der Waals surface area contributed by atoms with Gasteiger partial charge >= 0.3 is 5.97 Å². The number of hydrogen-bond donors (Lipinski definition) is 2. The Bertz CT molecular complexity index is 1140. The van der Waals surface area contributed by atoms with E-state index in [1.807, 2.05) is 18.2 Å². The highest BCUT2D eigenvalue weighted by Gasteiger charge is 2.25. The number of nitrogens with one attached hydrogen (secondary N) is 1. The fraction of sp³-hybridized carbons (Fsp3) is 0.346. The Labute approximate surface area is 203 Å². The van der Waals surface area contributed by atoms with Gasteiger partial charge in [-0.15, -0.1) is 0 Å². The molecule has 0 bridgehead atoms. The fourth-order valence-corrected chi connectivity index (χ4v) is 4.66. The average Bonchev–Trinajstić information content (AvgIpc) is 3.28. The minimum Gasteiger partial charge on any atom is -0.480 e. The Hall–Kier alpha value is -3.32. The van der Waals surface area contributed by atoms with Crippen molar-refractivity contribution in [3.05, 3.63) is 65.3 Å². The molecule has 4 rings (SSSR count). The number of carboxylic acids is 1. The lowest BCUT2D eigenvalue weighted by Crippen LogP contribution is -2.33. The molecule has 7 nitrogen and oxygen atoms in total. The smallest absolute Gasteiger partial charge is 0.323 e. The van der Waals surface area contributed by atoms with E-state index in [0.29, 0.717) is 35.1 Å². The molecule has 0 radical (unpaired) electrons. The third kappa shape index (κ3) is 6.17. The van der Waals surface area contributed by atoms with Gasteiger partial charge < -0.3 is 19.7 Å². The van der Waals surface area contributed by atoms with Gasteiger partial charge in [-0.2, -0.15) is 0 Å². The summed E-state index contributed by atoms with van der Waals surface area (Å²) in [4.78, 5) is 28.6. The van der Waals surface area contributed by atoms with E-state index in [4.69, 9.17) is 21.1 Å². The van der Waals surface area contributed by atoms with Crippen molar-refractivity contribution in [2.75, 3.05) is 18.9 Å². The maximum atomic E-state index is 12.2.